The molecule has 0 bridgehead atoms. The van der Waals surface area contributed by atoms with Crippen molar-refractivity contribution >= 4 is 55.1 Å². The van der Waals surface area contributed by atoms with Gasteiger partial charge in [0.2, 0.25) is 5.91 Å². The highest BCUT2D eigenvalue weighted by molar-refractivity contribution is 9.11. The highest BCUT2D eigenvalue weighted by atomic mass is 79.9. The van der Waals surface area contributed by atoms with Crippen molar-refractivity contribution in [3.8, 4) is 0 Å². The molecule has 0 radical (unpaired) electrons. The van der Waals surface area contributed by atoms with Gasteiger partial charge in [-0.2, -0.15) is 0 Å². The van der Waals surface area contributed by atoms with Gasteiger partial charge >= 0.3 is 0 Å². The summed E-state index contributed by atoms with van der Waals surface area (Å²) in [4.78, 5) is 11.4. The first-order valence-electron chi connectivity index (χ1n) is 6.06. The third kappa shape index (κ3) is 2.65. The zero-order valence-corrected chi connectivity index (χ0v) is 14.2. The lowest BCUT2D eigenvalue weighted by Gasteiger charge is -2.14. The monoisotopic (exact) mass is 413 g/mol. The third-order valence-electron chi connectivity index (χ3n) is 3.28. The molecule has 0 aromatic heterocycles. The van der Waals surface area contributed by atoms with Gasteiger partial charge in [-0.3, -0.25) is 4.79 Å². The van der Waals surface area contributed by atoms with Crippen LogP contribution in [-0.2, 0) is 11.2 Å². The van der Waals surface area contributed by atoms with Gasteiger partial charge in [-0.1, -0.05) is 50.1 Å². The largest absolute Gasteiger partial charge is 0.326 e. The van der Waals surface area contributed by atoms with E-state index in [0.717, 1.165) is 31.3 Å². The molecule has 2 nitrogen and oxygen atoms in total. The average Bonchev–Trinajstić information content (AvgIpc) is 2.77. The molecule has 1 unspecified atom stereocenters. The fourth-order valence-corrected chi connectivity index (χ4v) is 4.03. The number of nitrogens with one attached hydrogen (secondary N) is 1. The Bertz CT molecular complexity index is 702. The summed E-state index contributed by atoms with van der Waals surface area (Å²) in [7, 11) is 0. The van der Waals surface area contributed by atoms with Crippen LogP contribution in [-0.4, -0.2) is 5.91 Å². The summed E-state index contributed by atoms with van der Waals surface area (Å²) in [6.07, 6.45) is 0.425. The Morgan fingerprint density at radius 2 is 1.95 bits per heavy atom. The number of anilines is 1. The first-order valence-corrected chi connectivity index (χ1v) is 8.08. The molecule has 102 valence electrons. The minimum Gasteiger partial charge on any atom is -0.326 e. The van der Waals surface area contributed by atoms with Gasteiger partial charge < -0.3 is 5.32 Å². The van der Waals surface area contributed by atoms with Crippen molar-refractivity contribution in [2.75, 3.05) is 5.32 Å². The Labute approximate surface area is 138 Å². The molecule has 0 spiro atoms. The highest BCUT2D eigenvalue weighted by Crippen LogP contribution is 2.37. The van der Waals surface area contributed by atoms with E-state index in [9.17, 15) is 4.79 Å². The summed E-state index contributed by atoms with van der Waals surface area (Å²) in [6, 6.07) is 11.8. The van der Waals surface area contributed by atoms with Gasteiger partial charge in [0, 0.05) is 14.6 Å². The summed E-state index contributed by atoms with van der Waals surface area (Å²) in [5, 5.41) is 2.57. The smallest absolute Gasteiger partial charge is 0.228 e. The van der Waals surface area contributed by atoms with E-state index in [2.05, 4.69) is 37.2 Å². The topological polar surface area (TPSA) is 29.1 Å². The fourth-order valence-electron chi connectivity index (χ4n) is 2.29. The number of rotatable bonds is 2. The van der Waals surface area contributed by atoms with Crippen LogP contribution in [0, 0.1) is 0 Å². The number of hydrogen-bond donors (Lipinski definition) is 1. The van der Waals surface area contributed by atoms with Crippen LogP contribution in [0.15, 0.2) is 45.3 Å². The van der Waals surface area contributed by atoms with Crippen LogP contribution >= 0.6 is 43.5 Å². The van der Waals surface area contributed by atoms with Crippen molar-refractivity contribution in [1.29, 1.82) is 0 Å². The summed E-state index contributed by atoms with van der Waals surface area (Å²) in [5.74, 6) is 0.0353. The van der Waals surface area contributed by atoms with E-state index in [4.69, 9.17) is 11.6 Å². The lowest BCUT2D eigenvalue weighted by atomic mass is 10.0. The maximum Gasteiger partial charge on any atom is 0.228 e. The summed E-state index contributed by atoms with van der Waals surface area (Å²) >= 11 is 13.5. The van der Waals surface area contributed by atoms with Gasteiger partial charge in [-0.25, -0.2) is 0 Å². The number of amides is 1. The fraction of sp³-hybridized carbons (Fsp3) is 0.133. The van der Waals surface area contributed by atoms with E-state index in [1.165, 1.54) is 0 Å². The zero-order chi connectivity index (χ0) is 14.3. The van der Waals surface area contributed by atoms with Crippen molar-refractivity contribution in [1.82, 2.24) is 0 Å². The van der Waals surface area contributed by atoms with Crippen molar-refractivity contribution in [2.45, 2.75) is 11.8 Å². The van der Waals surface area contributed by atoms with Crippen molar-refractivity contribution in [3.63, 3.8) is 0 Å². The quantitative estimate of drug-likeness (QED) is 0.685. The molecule has 1 atom stereocenters. The van der Waals surface area contributed by atoms with E-state index < -0.39 is 0 Å². The predicted molar refractivity (Wildman–Crippen MR) is 88.3 cm³/mol. The van der Waals surface area contributed by atoms with Crippen molar-refractivity contribution < 1.29 is 4.79 Å². The molecular weight excluding hydrogens is 405 g/mol. The predicted octanol–water partition coefficient (Wildman–Crippen LogP) is 5.03. The molecular formula is C15H10Br2ClNO. The minimum absolute atomic E-state index is 0.0353. The number of benzene rings is 2. The molecule has 2 aromatic carbocycles. The molecule has 1 N–H and O–H groups in total. The van der Waals surface area contributed by atoms with Gasteiger partial charge in [0.15, 0.2) is 0 Å². The molecule has 3 rings (SSSR count). The van der Waals surface area contributed by atoms with Crippen LogP contribution in [0.1, 0.15) is 22.1 Å². The van der Waals surface area contributed by atoms with E-state index in [1.54, 1.807) is 0 Å². The number of alkyl halides is 1. The van der Waals surface area contributed by atoms with Gasteiger partial charge in [0.25, 0.3) is 0 Å². The molecule has 1 amide bonds. The molecule has 0 aliphatic carbocycles. The summed E-state index contributed by atoms with van der Waals surface area (Å²) < 4.78 is 1.96. The Morgan fingerprint density at radius 1 is 1.15 bits per heavy atom. The molecule has 1 aliphatic heterocycles. The number of fused-ring (bicyclic) bond motifs is 1. The second kappa shape index (κ2) is 5.51. The SMILES string of the molecule is O=C1Cc2cc(C(Cl)c3ccc(Br)cc3Br)ccc2N1. The molecule has 20 heavy (non-hydrogen) atoms. The number of hydrogen-bond acceptors (Lipinski definition) is 1. The second-order valence-corrected chi connectivity index (χ2v) is 6.88. The van der Waals surface area contributed by atoms with Crippen LogP contribution < -0.4 is 5.32 Å². The van der Waals surface area contributed by atoms with Gasteiger partial charge in [0.05, 0.1) is 11.8 Å². The Hall–Kier alpha value is -0.840. The van der Waals surface area contributed by atoms with Crippen LogP contribution in [0.2, 0.25) is 0 Å². The summed E-state index contributed by atoms with van der Waals surface area (Å²) in [6.45, 7) is 0. The molecule has 2 aromatic rings. The molecule has 1 aliphatic rings. The van der Waals surface area contributed by atoms with E-state index in [0.29, 0.717) is 6.42 Å². The van der Waals surface area contributed by atoms with Crippen molar-refractivity contribution in [3.05, 3.63) is 62.0 Å². The van der Waals surface area contributed by atoms with Crippen molar-refractivity contribution in [2.24, 2.45) is 0 Å². The summed E-state index contributed by atoms with van der Waals surface area (Å²) in [5.41, 5.74) is 3.89. The zero-order valence-electron chi connectivity index (χ0n) is 10.3. The van der Waals surface area contributed by atoms with E-state index in [1.807, 2.05) is 36.4 Å². The molecule has 1 heterocycles. The average molecular weight is 416 g/mol. The maximum absolute atomic E-state index is 11.4. The van der Waals surface area contributed by atoms with E-state index >= 15 is 0 Å². The van der Waals surface area contributed by atoms with E-state index in [-0.39, 0.29) is 11.3 Å². The first-order chi connectivity index (χ1) is 9.54. The van der Waals surface area contributed by atoms with Gasteiger partial charge in [-0.15, -0.1) is 11.6 Å². The number of carbonyl (C=O) groups is 1. The standard InChI is InChI=1S/C15H10Br2ClNO/c16-10-2-3-11(12(17)7-10)15(18)8-1-4-13-9(5-8)6-14(20)19-13/h1-5,7,15H,6H2,(H,19,20). The minimum atomic E-state index is -0.251. The maximum atomic E-state index is 11.4. The number of carbonyl (C=O) groups excluding carboxylic acids is 1. The second-order valence-electron chi connectivity index (χ2n) is 4.67. The Morgan fingerprint density at radius 3 is 2.70 bits per heavy atom. The van der Waals surface area contributed by atoms with Crippen LogP contribution in [0.4, 0.5) is 5.69 Å². The molecule has 0 saturated carbocycles. The molecule has 5 heteroatoms. The van der Waals surface area contributed by atoms with Gasteiger partial charge in [-0.05, 0) is 34.9 Å². The lowest BCUT2D eigenvalue weighted by Crippen LogP contribution is -2.03. The molecule has 0 fully saturated rings. The Kier molecular flexibility index (Phi) is 3.89. The van der Waals surface area contributed by atoms with Crippen LogP contribution in [0.25, 0.3) is 0 Å². The number of halogens is 3. The third-order valence-corrected chi connectivity index (χ3v) is 4.95. The lowest BCUT2D eigenvalue weighted by molar-refractivity contribution is -0.115. The Balaban J connectivity index is 1.97. The highest BCUT2D eigenvalue weighted by Gasteiger charge is 2.20. The van der Waals surface area contributed by atoms with Crippen LogP contribution in [0.3, 0.4) is 0 Å². The molecule has 0 saturated heterocycles. The van der Waals surface area contributed by atoms with Gasteiger partial charge in [0.1, 0.15) is 0 Å². The normalized spacial score (nSPS) is 14.8. The van der Waals surface area contributed by atoms with Crippen LogP contribution in [0.5, 0.6) is 0 Å². The first kappa shape index (κ1) is 14.1.